The molecular formula is C14H20N4O3. The highest BCUT2D eigenvalue weighted by molar-refractivity contribution is 5.94. The zero-order valence-electron chi connectivity index (χ0n) is 11.9. The molecule has 1 unspecified atom stereocenters. The highest BCUT2D eigenvalue weighted by Gasteiger charge is 2.26. The van der Waals surface area contributed by atoms with Crippen LogP contribution in [0.25, 0.3) is 0 Å². The van der Waals surface area contributed by atoms with Gasteiger partial charge < -0.3 is 20.9 Å². The van der Waals surface area contributed by atoms with Gasteiger partial charge in [-0.2, -0.15) is 0 Å². The van der Waals surface area contributed by atoms with Gasteiger partial charge in [0.15, 0.2) is 5.84 Å². The van der Waals surface area contributed by atoms with Crippen molar-refractivity contribution in [3.63, 3.8) is 0 Å². The van der Waals surface area contributed by atoms with Crippen molar-refractivity contribution in [3.8, 4) is 5.75 Å². The number of phenols is 1. The fourth-order valence-corrected chi connectivity index (χ4v) is 2.37. The van der Waals surface area contributed by atoms with Crippen LogP contribution < -0.4 is 5.73 Å². The molecule has 21 heavy (non-hydrogen) atoms. The Morgan fingerprint density at radius 3 is 2.33 bits per heavy atom. The van der Waals surface area contributed by atoms with Crippen LogP contribution in [0.3, 0.4) is 0 Å². The van der Waals surface area contributed by atoms with Crippen LogP contribution in [0.1, 0.15) is 17.3 Å². The topological polar surface area (TPSA) is 102 Å². The number of nitrogens with zero attached hydrogens (tertiary/aromatic N) is 3. The minimum Gasteiger partial charge on any atom is -0.508 e. The second-order valence-corrected chi connectivity index (χ2v) is 5.08. The Kier molecular flexibility index (Phi) is 4.64. The first-order valence-electron chi connectivity index (χ1n) is 6.82. The molecule has 1 saturated heterocycles. The van der Waals surface area contributed by atoms with Crippen molar-refractivity contribution in [2.45, 2.75) is 13.0 Å². The van der Waals surface area contributed by atoms with E-state index in [-0.39, 0.29) is 23.5 Å². The molecule has 1 amide bonds. The number of phenolic OH excluding ortho intramolecular Hbond substituents is 1. The highest BCUT2D eigenvalue weighted by Crippen LogP contribution is 2.14. The molecule has 7 heteroatoms. The third-order valence-corrected chi connectivity index (χ3v) is 3.81. The zero-order valence-corrected chi connectivity index (χ0v) is 11.9. The molecule has 7 nitrogen and oxygen atoms in total. The summed E-state index contributed by atoms with van der Waals surface area (Å²) < 4.78 is 0. The molecule has 1 aromatic rings. The van der Waals surface area contributed by atoms with E-state index in [1.165, 1.54) is 12.1 Å². The van der Waals surface area contributed by atoms with Crippen molar-refractivity contribution < 1.29 is 15.1 Å². The van der Waals surface area contributed by atoms with E-state index in [9.17, 15) is 9.90 Å². The SMILES string of the molecule is CC(C(N)=NO)N1CCN(C(=O)c2ccc(O)cc2)CC1. The maximum atomic E-state index is 12.3. The maximum Gasteiger partial charge on any atom is 0.253 e. The van der Waals surface area contributed by atoms with Crippen LogP contribution in [0, 0.1) is 0 Å². The quantitative estimate of drug-likeness (QED) is 0.321. The Hall–Kier alpha value is -2.28. The lowest BCUT2D eigenvalue weighted by atomic mass is 10.1. The number of amides is 1. The van der Waals surface area contributed by atoms with Gasteiger partial charge in [0.2, 0.25) is 0 Å². The first-order valence-corrected chi connectivity index (χ1v) is 6.82. The predicted octanol–water partition coefficient (Wildman–Crippen LogP) is 0.285. The summed E-state index contributed by atoms with van der Waals surface area (Å²) in [6.07, 6.45) is 0. The molecule has 0 bridgehead atoms. The van der Waals surface area contributed by atoms with Gasteiger partial charge in [-0.15, -0.1) is 0 Å². The van der Waals surface area contributed by atoms with Crippen LogP contribution in [-0.2, 0) is 0 Å². The Morgan fingerprint density at radius 2 is 1.81 bits per heavy atom. The summed E-state index contributed by atoms with van der Waals surface area (Å²) >= 11 is 0. The van der Waals surface area contributed by atoms with Crippen LogP contribution in [-0.4, -0.2) is 64.1 Å². The number of piperazine rings is 1. The Bertz CT molecular complexity index is 522. The van der Waals surface area contributed by atoms with Gasteiger partial charge in [-0.05, 0) is 31.2 Å². The highest BCUT2D eigenvalue weighted by atomic mass is 16.4. The van der Waals surface area contributed by atoms with Crippen molar-refractivity contribution in [2.75, 3.05) is 26.2 Å². The van der Waals surface area contributed by atoms with E-state index < -0.39 is 0 Å². The number of amidine groups is 1. The number of benzene rings is 1. The van der Waals surface area contributed by atoms with Gasteiger partial charge in [-0.25, -0.2) is 0 Å². The number of rotatable bonds is 3. The van der Waals surface area contributed by atoms with Gasteiger partial charge in [0.1, 0.15) is 5.75 Å². The van der Waals surface area contributed by atoms with Gasteiger partial charge in [0.25, 0.3) is 5.91 Å². The van der Waals surface area contributed by atoms with Crippen molar-refractivity contribution >= 4 is 11.7 Å². The molecule has 2 rings (SSSR count). The van der Waals surface area contributed by atoms with Crippen LogP contribution in [0.4, 0.5) is 0 Å². The van der Waals surface area contributed by atoms with Crippen LogP contribution in [0.15, 0.2) is 29.4 Å². The minimum absolute atomic E-state index is 0.0499. The summed E-state index contributed by atoms with van der Waals surface area (Å²) in [6.45, 7) is 4.38. The molecule has 114 valence electrons. The van der Waals surface area contributed by atoms with E-state index in [1.807, 2.05) is 6.92 Å². The Morgan fingerprint density at radius 1 is 1.24 bits per heavy atom. The number of aromatic hydroxyl groups is 1. The van der Waals surface area contributed by atoms with Crippen LogP contribution in [0.5, 0.6) is 5.75 Å². The van der Waals surface area contributed by atoms with E-state index in [2.05, 4.69) is 10.1 Å². The first-order chi connectivity index (χ1) is 10.0. The monoisotopic (exact) mass is 292 g/mol. The van der Waals surface area contributed by atoms with Gasteiger partial charge >= 0.3 is 0 Å². The number of nitrogens with two attached hydrogens (primary N) is 1. The summed E-state index contributed by atoms with van der Waals surface area (Å²) in [5, 5.41) is 21.0. The second-order valence-electron chi connectivity index (χ2n) is 5.08. The first kappa shape index (κ1) is 15.1. The molecule has 1 heterocycles. The number of carbonyl (C=O) groups is 1. The fourth-order valence-electron chi connectivity index (χ4n) is 2.37. The Labute approximate surface area is 123 Å². The van der Waals surface area contributed by atoms with Gasteiger partial charge in [0, 0.05) is 31.7 Å². The molecule has 1 aromatic carbocycles. The summed E-state index contributed by atoms with van der Waals surface area (Å²) in [7, 11) is 0. The third-order valence-electron chi connectivity index (χ3n) is 3.81. The molecule has 1 fully saturated rings. The van der Waals surface area contributed by atoms with Crippen molar-refractivity contribution in [1.82, 2.24) is 9.80 Å². The molecule has 1 aliphatic rings. The van der Waals surface area contributed by atoms with E-state index in [4.69, 9.17) is 10.9 Å². The van der Waals surface area contributed by atoms with Crippen LogP contribution >= 0.6 is 0 Å². The Balaban J connectivity index is 1.94. The largest absolute Gasteiger partial charge is 0.508 e. The molecule has 0 saturated carbocycles. The standard InChI is InChI=1S/C14H20N4O3/c1-10(13(15)16-21)17-6-8-18(9-7-17)14(20)11-2-4-12(19)5-3-11/h2-5,10,19,21H,6-9H2,1H3,(H2,15,16). The smallest absolute Gasteiger partial charge is 0.253 e. The van der Waals surface area contributed by atoms with Gasteiger partial charge in [-0.3, -0.25) is 9.69 Å². The summed E-state index contributed by atoms with van der Waals surface area (Å²) in [5.41, 5.74) is 6.16. The average Bonchev–Trinajstić information content (AvgIpc) is 2.53. The van der Waals surface area contributed by atoms with Crippen molar-refractivity contribution in [2.24, 2.45) is 10.9 Å². The predicted molar refractivity (Wildman–Crippen MR) is 78.5 cm³/mol. The number of carbonyl (C=O) groups excluding carboxylic acids is 1. The lowest BCUT2D eigenvalue weighted by Gasteiger charge is -2.37. The number of oxime groups is 1. The molecule has 0 radical (unpaired) electrons. The number of hydrogen-bond acceptors (Lipinski definition) is 5. The van der Waals surface area contributed by atoms with E-state index in [0.29, 0.717) is 31.7 Å². The zero-order chi connectivity index (χ0) is 15.4. The molecule has 0 spiro atoms. The summed E-state index contributed by atoms with van der Waals surface area (Å²) in [5.74, 6) is 0.267. The molecule has 0 aromatic heterocycles. The van der Waals surface area contributed by atoms with Crippen molar-refractivity contribution in [3.05, 3.63) is 29.8 Å². The third kappa shape index (κ3) is 3.43. The van der Waals surface area contributed by atoms with Crippen LogP contribution in [0.2, 0.25) is 0 Å². The lowest BCUT2D eigenvalue weighted by Crippen LogP contribution is -2.54. The van der Waals surface area contributed by atoms with Gasteiger partial charge in [-0.1, -0.05) is 5.16 Å². The van der Waals surface area contributed by atoms with Crippen molar-refractivity contribution in [1.29, 1.82) is 0 Å². The second kappa shape index (κ2) is 6.45. The van der Waals surface area contributed by atoms with E-state index in [1.54, 1.807) is 17.0 Å². The molecule has 1 aliphatic heterocycles. The lowest BCUT2D eigenvalue weighted by molar-refractivity contribution is 0.0619. The van der Waals surface area contributed by atoms with E-state index in [0.717, 1.165) is 0 Å². The normalized spacial score (nSPS) is 18.5. The fraction of sp³-hybridized carbons (Fsp3) is 0.429. The summed E-state index contributed by atoms with van der Waals surface area (Å²) in [4.78, 5) is 16.1. The molecule has 0 aliphatic carbocycles. The van der Waals surface area contributed by atoms with E-state index >= 15 is 0 Å². The summed E-state index contributed by atoms with van der Waals surface area (Å²) in [6, 6.07) is 6.08. The molecule has 1 atom stereocenters. The minimum atomic E-state index is -0.152. The molecular weight excluding hydrogens is 272 g/mol. The number of hydrogen-bond donors (Lipinski definition) is 3. The maximum absolute atomic E-state index is 12.3. The molecule has 4 N–H and O–H groups in total. The van der Waals surface area contributed by atoms with Gasteiger partial charge in [0.05, 0.1) is 6.04 Å². The average molecular weight is 292 g/mol.